The van der Waals surface area contributed by atoms with Crippen LogP contribution in [0.4, 0.5) is 0 Å². The van der Waals surface area contributed by atoms with Crippen molar-refractivity contribution in [3.05, 3.63) is 34.3 Å². The Morgan fingerprint density at radius 1 is 1.31 bits per heavy atom. The van der Waals surface area contributed by atoms with E-state index in [-0.39, 0.29) is 11.4 Å². The summed E-state index contributed by atoms with van der Waals surface area (Å²) in [6.45, 7) is 3.85. The molecular weight excluding hydrogens is 268 g/mol. The Balaban J connectivity index is 2.55. The van der Waals surface area contributed by atoms with Gasteiger partial charge in [-0.3, -0.25) is 4.79 Å². The van der Waals surface area contributed by atoms with Crippen molar-refractivity contribution in [3.63, 3.8) is 0 Å². The molecule has 0 atom stereocenters. The van der Waals surface area contributed by atoms with E-state index in [0.29, 0.717) is 12.8 Å². The van der Waals surface area contributed by atoms with Gasteiger partial charge in [-0.1, -0.05) is 28.1 Å². The molecular formula is C13H17BrO2. The lowest BCUT2D eigenvalue weighted by atomic mass is 9.97. The highest BCUT2D eigenvalue weighted by Crippen LogP contribution is 2.16. The van der Waals surface area contributed by atoms with Gasteiger partial charge in [-0.05, 0) is 31.5 Å². The smallest absolute Gasteiger partial charge is 0.140 e. The van der Waals surface area contributed by atoms with Gasteiger partial charge >= 0.3 is 0 Å². The third-order valence-corrected chi connectivity index (χ3v) is 3.02. The molecule has 1 aromatic carbocycles. The maximum Gasteiger partial charge on any atom is 0.140 e. The van der Waals surface area contributed by atoms with Gasteiger partial charge in [-0.2, -0.15) is 0 Å². The standard InChI is InChI=1S/C13H17BrO2/c1-13(2,16-3)9-12(15)8-10-4-6-11(14)7-5-10/h4-7H,8-9H2,1-3H3. The lowest BCUT2D eigenvalue weighted by Crippen LogP contribution is -2.27. The Kier molecular flexibility index (Phi) is 4.69. The summed E-state index contributed by atoms with van der Waals surface area (Å²) in [6, 6.07) is 7.82. The lowest BCUT2D eigenvalue weighted by molar-refractivity contribution is -0.123. The van der Waals surface area contributed by atoms with E-state index in [4.69, 9.17) is 4.74 Å². The number of benzene rings is 1. The summed E-state index contributed by atoms with van der Waals surface area (Å²) >= 11 is 3.37. The van der Waals surface area contributed by atoms with Gasteiger partial charge in [0.2, 0.25) is 0 Å². The van der Waals surface area contributed by atoms with Gasteiger partial charge in [0.15, 0.2) is 0 Å². The normalized spacial score (nSPS) is 11.5. The fourth-order valence-electron chi connectivity index (χ4n) is 1.44. The number of Topliss-reactive ketones (excluding diaryl/α,β-unsaturated/α-hetero) is 1. The third kappa shape index (κ3) is 4.45. The molecule has 0 unspecified atom stereocenters. The Morgan fingerprint density at radius 3 is 2.38 bits per heavy atom. The highest BCUT2D eigenvalue weighted by molar-refractivity contribution is 9.10. The zero-order valence-corrected chi connectivity index (χ0v) is 11.5. The number of carbonyl (C=O) groups is 1. The second kappa shape index (κ2) is 5.60. The van der Waals surface area contributed by atoms with Crippen molar-refractivity contribution in [2.24, 2.45) is 0 Å². The molecule has 0 aliphatic rings. The number of methoxy groups -OCH3 is 1. The summed E-state index contributed by atoms with van der Waals surface area (Å²) in [5.41, 5.74) is 0.673. The number of ketones is 1. The number of carbonyl (C=O) groups excluding carboxylic acids is 1. The van der Waals surface area contributed by atoms with Gasteiger partial charge in [-0.25, -0.2) is 0 Å². The van der Waals surface area contributed by atoms with Crippen LogP contribution in [-0.2, 0) is 16.0 Å². The van der Waals surface area contributed by atoms with Crippen molar-refractivity contribution in [2.75, 3.05) is 7.11 Å². The van der Waals surface area contributed by atoms with Gasteiger partial charge < -0.3 is 4.74 Å². The molecule has 0 aliphatic carbocycles. The van der Waals surface area contributed by atoms with Crippen molar-refractivity contribution in [2.45, 2.75) is 32.3 Å². The van der Waals surface area contributed by atoms with E-state index < -0.39 is 0 Å². The van der Waals surface area contributed by atoms with E-state index >= 15 is 0 Å². The van der Waals surface area contributed by atoms with Crippen molar-refractivity contribution in [1.82, 2.24) is 0 Å². The fourth-order valence-corrected chi connectivity index (χ4v) is 1.70. The first-order valence-corrected chi connectivity index (χ1v) is 6.03. The molecule has 0 aromatic heterocycles. The minimum absolute atomic E-state index is 0.203. The first-order valence-electron chi connectivity index (χ1n) is 5.24. The third-order valence-electron chi connectivity index (χ3n) is 2.49. The summed E-state index contributed by atoms with van der Waals surface area (Å²) in [4.78, 5) is 11.8. The molecule has 0 fully saturated rings. The molecule has 0 radical (unpaired) electrons. The van der Waals surface area contributed by atoms with Crippen molar-refractivity contribution >= 4 is 21.7 Å². The summed E-state index contributed by atoms with van der Waals surface area (Å²) in [6.07, 6.45) is 0.916. The summed E-state index contributed by atoms with van der Waals surface area (Å²) in [5, 5.41) is 0. The molecule has 0 saturated carbocycles. The molecule has 16 heavy (non-hydrogen) atoms. The van der Waals surface area contributed by atoms with E-state index in [1.165, 1.54) is 0 Å². The SMILES string of the molecule is COC(C)(C)CC(=O)Cc1ccc(Br)cc1. The first kappa shape index (κ1) is 13.4. The molecule has 88 valence electrons. The second-order valence-electron chi connectivity index (χ2n) is 4.48. The molecule has 3 heteroatoms. The Morgan fingerprint density at radius 2 is 1.88 bits per heavy atom. The van der Waals surface area contributed by atoms with E-state index in [0.717, 1.165) is 10.0 Å². The van der Waals surface area contributed by atoms with Gasteiger partial charge in [0.1, 0.15) is 5.78 Å². The van der Waals surface area contributed by atoms with Gasteiger partial charge in [0.05, 0.1) is 5.60 Å². The molecule has 0 bridgehead atoms. The van der Waals surface area contributed by atoms with Crippen molar-refractivity contribution < 1.29 is 9.53 Å². The van der Waals surface area contributed by atoms with Gasteiger partial charge in [0.25, 0.3) is 0 Å². The van der Waals surface area contributed by atoms with E-state index in [1.807, 2.05) is 38.1 Å². The number of halogens is 1. The quantitative estimate of drug-likeness (QED) is 0.829. The van der Waals surface area contributed by atoms with Crippen LogP contribution in [0.5, 0.6) is 0 Å². The number of hydrogen-bond donors (Lipinski definition) is 0. The second-order valence-corrected chi connectivity index (χ2v) is 5.40. The van der Waals surface area contributed by atoms with Crippen LogP contribution in [0.15, 0.2) is 28.7 Å². The molecule has 0 saturated heterocycles. The van der Waals surface area contributed by atoms with Gasteiger partial charge in [0, 0.05) is 24.4 Å². The monoisotopic (exact) mass is 284 g/mol. The van der Waals surface area contributed by atoms with Crippen LogP contribution in [0, 0.1) is 0 Å². The maximum atomic E-state index is 11.8. The summed E-state index contributed by atoms with van der Waals surface area (Å²) in [7, 11) is 1.63. The molecule has 0 aliphatic heterocycles. The lowest BCUT2D eigenvalue weighted by Gasteiger charge is -2.21. The molecule has 0 heterocycles. The predicted molar refractivity (Wildman–Crippen MR) is 68.6 cm³/mol. The highest BCUT2D eigenvalue weighted by atomic mass is 79.9. The average molecular weight is 285 g/mol. The largest absolute Gasteiger partial charge is 0.378 e. The number of hydrogen-bond acceptors (Lipinski definition) is 2. The van der Waals surface area contributed by atoms with Crippen LogP contribution in [0.2, 0.25) is 0 Å². The molecule has 0 spiro atoms. The van der Waals surface area contributed by atoms with Crippen LogP contribution < -0.4 is 0 Å². The topological polar surface area (TPSA) is 26.3 Å². The Bertz CT molecular complexity index is 355. The van der Waals surface area contributed by atoms with Crippen LogP contribution in [-0.4, -0.2) is 18.5 Å². The van der Waals surface area contributed by atoms with Crippen molar-refractivity contribution in [1.29, 1.82) is 0 Å². The number of ether oxygens (including phenoxy) is 1. The molecule has 2 nitrogen and oxygen atoms in total. The molecule has 1 rings (SSSR count). The predicted octanol–water partition coefficient (Wildman–Crippen LogP) is 3.38. The number of rotatable bonds is 5. The van der Waals surface area contributed by atoms with Crippen LogP contribution in [0.25, 0.3) is 0 Å². The Hall–Kier alpha value is -0.670. The van der Waals surface area contributed by atoms with E-state index in [2.05, 4.69) is 15.9 Å². The average Bonchev–Trinajstić information content (AvgIpc) is 2.21. The van der Waals surface area contributed by atoms with E-state index in [9.17, 15) is 4.79 Å². The Labute approximate surface area is 105 Å². The fraction of sp³-hybridized carbons (Fsp3) is 0.462. The van der Waals surface area contributed by atoms with E-state index in [1.54, 1.807) is 7.11 Å². The minimum atomic E-state index is -0.369. The van der Waals surface area contributed by atoms with Crippen LogP contribution in [0.3, 0.4) is 0 Å². The van der Waals surface area contributed by atoms with Crippen LogP contribution >= 0.6 is 15.9 Å². The van der Waals surface area contributed by atoms with Crippen LogP contribution in [0.1, 0.15) is 25.8 Å². The minimum Gasteiger partial charge on any atom is -0.378 e. The maximum absolute atomic E-state index is 11.8. The van der Waals surface area contributed by atoms with Crippen molar-refractivity contribution in [3.8, 4) is 0 Å². The highest BCUT2D eigenvalue weighted by Gasteiger charge is 2.20. The zero-order valence-electron chi connectivity index (χ0n) is 9.92. The molecule has 0 N–H and O–H groups in total. The van der Waals surface area contributed by atoms with Gasteiger partial charge in [-0.15, -0.1) is 0 Å². The zero-order chi connectivity index (χ0) is 12.2. The molecule has 1 aromatic rings. The molecule has 0 amide bonds. The summed E-state index contributed by atoms with van der Waals surface area (Å²) < 4.78 is 6.27. The first-order chi connectivity index (χ1) is 7.43. The summed E-state index contributed by atoms with van der Waals surface area (Å²) in [5.74, 6) is 0.203.